The molecule has 1 atom stereocenters. The van der Waals surface area contributed by atoms with Crippen molar-refractivity contribution in [2.24, 2.45) is 0 Å². The molecular formula is C10H14ClN3O2. The van der Waals surface area contributed by atoms with Gasteiger partial charge in [-0.05, 0) is 0 Å². The molecule has 0 spiro atoms. The molecule has 1 unspecified atom stereocenters. The fourth-order valence-corrected chi connectivity index (χ4v) is 1.79. The molecule has 1 aromatic rings. The van der Waals surface area contributed by atoms with Crippen LogP contribution in [0.3, 0.4) is 0 Å². The van der Waals surface area contributed by atoms with Crippen molar-refractivity contribution in [3.8, 4) is 0 Å². The van der Waals surface area contributed by atoms with Crippen LogP contribution in [0.5, 0.6) is 0 Å². The molecule has 0 aliphatic carbocycles. The number of aromatic nitrogens is 2. The molecule has 1 saturated heterocycles. The number of halogens is 1. The predicted octanol–water partition coefficient (Wildman–Crippen LogP) is 1.35. The number of anilines is 1. The first-order chi connectivity index (χ1) is 7.74. The van der Waals surface area contributed by atoms with E-state index in [1.54, 1.807) is 13.2 Å². The normalized spacial score (nSPS) is 24.6. The van der Waals surface area contributed by atoms with Gasteiger partial charge in [0.15, 0.2) is 0 Å². The Labute approximate surface area is 99.1 Å². The van der Waals surface area contributed by atoms with Crippen LogP contribution < -0.4 is 5.32 Å². The summed E-state index contributed by atoms with van der Waals surface area (Å²) >= 11 is 5.76. The maximum atomic E-state index is 5.76. The Morgan fingerprint density at radius 1 is 1.62 bits per heavy atom. The van der Waals surface area contributed by atoms with Crippen LogP contribution in [0.25, 0.3) is 0 Å². The molecule has 0 bridgehead atoms. The van der Waals surface area contributed by atoms with Crippen molar-refractivity contribution in [2.45, 2.75) is 12.0 Å². The molecule has 1 aliphatic rings. The summed E-state index contributed by atoms with van der Waals surface area (Å²) in [4.78, 5) is 7.88. The molecule has 0 aromatic carbocycles. The van der Waals surface area contributed by atoms with Crippen LogP contribution >= 0.6 is 11.6 Å². The van der Waals surface area contributed by atoms with E-state index in [9.17, 15) is 0 Å². The molecule has 1 aliphatic heterocycles. The molecule has 16 heavy (non-hydrogen) atoms. The predicted molar refractivity (Wildman–Crippen MR) is 60.7 cm³/mol. The topological polar surface area (TPSA) is 56.3 Å². The number of nitrogens with zero attached hydrogens (tertiary/aromatic N) is 2. The Morgan fingerprint density at radius 3 is 3.12 bits per heavy atom. The average Bonchev–Trinajstić information content (AvgIpc) is 2.76. The Morgan fingerprint density at radius 2 is 2.50 bits per heavy atom. The minimum absolute atomic E-state index is 0.253. The van der Waals surface area contributed by atoms with Gasteiger partial charge in [0.25, 0.3) is 0 Å². The summed E-state index contributed by atoms with van der Waals surface area (Å²) in [7, 11) is 1.70. The maximum Gasteiger partial charge on any atom is 0.134 e. The molecule has 2 heterocycles. The monoisotopic (exact) mass is 243 g/mol. The summed E-state index contributed by atoms with van der Waals surface area (Å²) in [5.41, 5.74) is -0.253. The fraction of sp³-hybridized carbons (Fsp3) is 0.600. The maximum absolute atomic E-state index is 5.76. The molecular weight excluding hydrogens is 230 g/mol. The molecule has 2 rings (SSSR count). The van der Waals surface area contributed by atoms with Crippen LogP contribution in [0, 0.1) is 0 Å². The van der Waals surface area contributed by atoms with E-state index in [0.717, 1.165) is 13.0 Å². The van der Waals surface area contributed by atoms with Crippen LogP contribution in [0.1, 0.15) is 6.42 Å². The van der Waals surface area contributed by atoms with E-state index in [4.69, 9.17) is 21.1 Å². The number of methoxy groups -OCH3 is 1. The van der Waals surface area contributed by atoms with Crippen molar-refractivity contribution in [1.29, 1.82) is 0 Å². The second kappa shape index (κ2) is 4.95. The quantitative estimate of drug-likeness (QED) is 0.809. The molecule has 1 N–H and O–H groups in total. The third-order valence-corrected chi connectivity index (χ3v) is 2.93. The summed E-state index contributed by atoms with van der Waals surface area (Å²) in [5, 5.41) is 3.60. The standard InChI is InChI=1S/C10H14ClN3O2/c1-15-10(2-3-16-6-10)5-12-9-4-8(11)13-7-14-9/h4,7H,2-3,5-6H2,1H3,(H,12,13,14). The van der Waals surface area contributed by atoms with Gasteiger partial charge in [0.05, 0.1) is 6.61 Å². The summed E-state index contributed by atoms with van der Waals surface area (Å²) in [6.45, 7) is 1.99. The van der Waals surface area contributed by atoms with Gasteiger partial charge in [-0.1, -0.05) is 11.6 Å². The van der Waals surface area contributed by atoms with Gasteiger partial charge in [-0.3, -0.25) is 0 Å². The van der Waals surface area contributed by atoms with Gasteiger partial charge in [0.1, 0.15) is 22.9 Å². The van der Waals surface area contributed by atoms with E-state index < -0.39 is 0 Å². The van der Waals surface area contributed by atoms with Crippen LogP contribution in [0.2, 0.25) is 5.15 Å². The van der Waals surface area contributed by atoms with Crippen molar-refractivity contribution in [3.63, 3.8) is 0 Å². The molecule has 1 aromatic heterocycles. The molecule has 5 nitrogen and oxygen atoms in total. The van der Waals surface area contributed by atoms with E-state index in [1.807, 2.05) is 0 Å². The zero-order valence-corrected chi connectivity index (χ0v) is 9.83. The van der Waals surface area contributed by atoms with Crippen molar-refractivity contribution < 1.29 is 9.47 Å². The minimum Gasteiger partial charge on any atom is -0.378 e. The van der Waals surface area contributed by atoms with Gasteiger partial charge in [-0.15, -0.1) is 0 Å². The van der Waals surface area contributed by atoms with Gasteiger partial charge in [-0.2, -0.15) is 0 Å². The molecule has 6 heteroatoms. The lowest BCUT2D eigenvalue weighted by Gasteiger charge is -2.26. The first kappa shape index (κ1) is 11.6. The minimum atomic E-state index is -0.253. The molecule has 0 saturated carbocycles. The first-order valence-corrected chi connectivity index (χ1v) is 5.46. The van der Waals surface area contributed by atoms with Crippen LogP contribution in [-0.2, 0) is 9.47 Å². The fourth-order valence-electron chi connectivity index (χ4n) is 1.64. The largest absolute Gasteiger partial charge is 0.378 e. The Kier molecular flexibility index (Phi) is 3.58. The zero-order chi connectivity index (χ0) is 11.4. The Hall–Kier alpha value is -0.910. The van der Waals surface area contributed by atoms with Gasteiger partial charge in [0.2, 0.25) is 0 Å². The van der Waals surface area contributed by atoms with Crippen LogP contribution in [-0.4, -0.2) is 42.4 Å². The van der Waals surface area contributed by atoms with E-state index in [-0.39, 0.29) is 5.60 Å². The third-order valence-electron chi connectivity index (χ3n) is 2.73. The van der Waals surface area contributed by atoms with Crippen molar-refractivity contribution in [1.82, 2.24) is 9.97 Å². The molecule has 1 fully saturated rings. The van der Waals surface area contributed by atoms with E-state index >= 15 is 0 Å². The summed E-state index contributed by atoms with van der Waals surface area (Å²) in [5.74, 6) is 0.698. The van der Waals surface area contributed by atoms with Crippen molar-refractivity contribution in [2.75, 3.05) is 32.2 Å². The smallest absolute Gasteiger partial charge is 0.134 e. The highest BCUT2D eigenvalue weighted by molar-refractivity contribution is 6.29. The second-order valence-electron chi connectivity index (χ2n) is 3.77. The zero-order valence-electron chi connectivity index (χ0n) is 9.07. The lowest BCUT2D eigenvalue weighted by atomic mass is 10.0. The SMILES string of the molecule is COC1(CNc2cc(Cl)ncn2)CCOC1. The number of rotatable bonds is 4. The average molecular weight is 244 g/mol. The highest BCUT2D eigenvalue weighted by Crippen LogP contribution is 2.23. The third kappa shape index (κ3) is 2.61. The summed E-state index contributed by atoms with van der Waals surface area (Å²) in [6, 6.07) is 1.68. The Bertz CT molecular complexity index is 356. The van der Waals surface area contributed by atoms with Gasteiger partial charge in [0, 0.05) is 32.7 Å². The van der Waals surface area contributed by atoms with E-state index in [2.05, 4.69) is 15.3 Å². The number of hydrogen-bond donors (Lipinski definition) is 1. The van der Waals surface area contributed by atoms with Crippen molar-refractivity contribution in [3.05, 3.63) is 17.5 Å². The first-order valence-electron chi connectivity index (χ1n) is 5.08. The highest BCUT2D eigenvalue weighted by Gasteiger charge is 2.34. The van der Waals surface area contributed by atoms with Crippen LogP contribution in [0.4, 0.5) is 5.82 Å². The second-order valence-corrected chi connectivity index (χ2v) is 4.16. The van der Waals surface area contributed by atoms with E-state index in [1.165, 1.54) is 6.33 Å². The van der Waals surface area contributed by atoms with Gasteiger partial charge in [-0.25, -0.2) is 9.97 Å². The molecule has 0 amide bonds. The highest BCUT2D eigenvalue weighted by atomic mass is 35.5. The van der Waals surface area contributed by atoms with Crippen LogP contribution in [0.15, 0.2) is 12.4 Å². The number of hydrogen-bond acceptors (Lipinski definition) is 5. The van der Waals surface area contributed by atoms with Gasteiger partial charge < -0.3 is 14.8 Å². The van der Waals surface area contributed by atoms with Crippen molar-refractivity contribution >= 4 is 17.4 Å². The molecule has 88 valence electrons. The number of nitrogens with one attached hydrogen (secondary N) is 1. The van der Waals surface area contributed by atoms with Gasteiger partial charge >= 0.3 is 0 Å². The lowest BCUT2D eigenvalue weighted by molar-refractivity contribution is -0.00625. The summed E-state index contributed by atoms with van der Waals surface area (Å²) < 4.78 is 10.8. The Balaban J connectivity index is 1.95. The van der Waals surface area contributed by atoms with E-state index in [0.29, 0.717) is 24.1 Å². The molecule has 0 radical (unpaired) electrons. The number of ether oxygens (including phenoxy) is 2. The lowest BCUT2D eigenvalue weighted by Crippen LogP contribution is -2.39. The summed E-state index contributed by atoms with van der Waals surface area (Å²) in [6.07, 6.45) is 2.31.